The number of nitrogens with zero attached hydrogens (tertiary/aromatic N) is 3. The minimum absolute atomic E-state index is 0.0117. The van der Waals surface area contributed by atoms with Crippen molar-refractivity contribution in [1.29, 1.82) is 0 Å². The van der Waals surface area contributed by atoms with Gasteiger partial charge in [0.2, 0.25) is 17.7 Å². The highest BCUT2D eigenvalue weighted by Crippen LogP contribution is 2.65. The van der Waals surface area contributed by atoms with Crippen LogP contribution in [0.4, 0.5) is 5.69 Å². The zero-order valence-electron chi connectivity index (χ0n) is 25.8. The van der Waals surface area contributed by atoms with Gasteiger partial charge in [-0.05, 0) is 63.8 Å². The number of aliphatic hydroxyl groups excluding tert-OH is 1. The van der Waals surface area contributed by atoms with Crippen LogP contribution in [-0.4, -0.2) is 88.8 Å². The second kappa shape index (κ2) is 12.6. The molecule has 3 heterocycles. The smallest absolute Gasteiger partial charge is 0.248 e. The molecular formula is C33H47N3O6. The third kappa shape index (κ3) is 5.04. The van der Waals surface area contributed by atoms with Crippen LogP contribution in [0.2, 0.25) is 0 Å². The summed E-state index contributed by atoms with van der Waals surface area (Å²) in [6.07, 6.45) is 5.52. The van der Waals surface area contributed by atoms with Crippen LogP contribution < -0.4 is 9.64 Å². The maximum absolute atomic E-state index is 14.6. The average Bonchev–Trinajstić information content (AvgIpc) is 3.47. The van der Waals surface area contributed by atoms with Gasteiger partial charge in [0.15, 0.2) is 0 Å². The van der Waals surface area contributed by atoms with Gasteiger partial charge in [0.05, 0.1) is 30.7 Å². The minimum atomic E-state index is -1.18. The zero-order chi connectivity index (χ0) is 30.8. The van der Waals surface area contributed by atoms with E-state index in [1.54, 1.807) is 22.0 Å². The van der Waals surface area contributed by atoms with Crippen LogP contribution in [0.1, 0.15) is 53.9 Å². The molecule has 0 aliphatic carbocycles. The molecule has 3 saturated heterocycles. The van der Waals surface area contributed by atoms with Gasteiger partial charge in [-0.25, -0.2) is 0 Å². The molecule has 3 amide bonds. The summed E-state index contributed by atoms with van der Waals surface area (Å²) in [5, 5.41) is 9.98. The standard InChI is InChI=1S/C33H47N3O6/c1-8-12-23(6)34(17-9-2)31(40)28-33-21-22(5)32(7,42-33)26(27(33)30(39)36(28)19-20-37)29(38)35(18-10-3)24-13-15-25(16-14-24)41-11-4/h9-10,13-16,22-23,26-28,37H,2-3,8,11-12,17-21H2,1,4-7H3/t22?,23?,26-,27+,28?,32+,33?/m1/s1. The van der Waals surface area contributed by atoms with Crippen molar-refractivity contribution in [3.63, 3.8) is 0 Å². The van der Waals surface area contributed by atoms with E-state index in [4.69, 9.17) is 9.47 Å². The van der Waals surface area contributed by atoms with E-state index in [0.717, 1.165) is 12.8 Å². The first-order chi connectivity index (χ1) is 20.1. The van der Waals surface area contributed by atoms with E-state index < -0.39 is 29.1 Å². The van der Waals surface area contributed by atoms with E-state index in [1.165, 1.54) is 4.90 Å². The van der Waals surface area contributed by atoms with E-state index >= 15 is 0 Å². The summed E-state index contributed by atoms with van der Waals surface area (Å²) in [7, 11) is 0. The van der Waals surface area contributed by atoms with Crippen LogP contribution in [0.15, 0.2) is 49.6 Å². The minimum Gasteiger partial charge on any atom is -0.494 e. The van der Waals surface area contributed by atoms with E-state index in [2.05, 4.69) is 20.1 Å². The summed E-state index contributed by atoms with van der Waals surface area (Å²) < 4.78 is 12.5. The number of anilines is 1. The molecule has 0 radical (unpaired) electrons. The summed E-state index contributed by atoms with van der Waals surface area (Å²) in [4.78, 5) is 48.2. The number of carbonyl (C=O) groups excluding carboxylic acids is 3. The number of hydrogen-bond acceptors (Lipinski definition) is 6. The van der Waals surface area contributed by atoms with Gasteiger partial charge in [-0.1, -0.05) is 32.4 Å². The molecule has 3 aliphatic heterocycles. The van der Waals surface area contributed by atoms with Crippen molar-refractivity contribution >= 4 is 23.4 Å². The lowest BCUT2D eigenvalue weighted by molar-refractivity contribution is -0.153. The number of ether oxygens (including phenoxy) is 2. The van der Waals surface area contributed by atoms with Gasteiger partial charge in [-0.2, -0.15) is 0 Å². The van der Waals surface area contributed by atoms with Gasteiger partial charge in [-0.15, -0.1) is 13.2 Å². The average molecular weight is 582 g/mol. The highest BCUT2D eigenvalue weighted by molar-refractivity contribution is 6.03. The lowest BCUT2D eigenvalue weighted by atomic mass is 9.62. The molecule has 230 valence electrons. The van der Waals surface area contributed by atoms with Gasteiger partial charge in [0.25, 0.3) is 0 Å². The fourth-order valence-corrected chi connectivity index (χ4v) is 7.61. The number of carbonyl (C=O) groups is 3. The Kier molecular flexibility index (Phi) is 9.52. The number of β-amino-alcohol motifs (C(OH)–C–C–N with tert-alkyl or cyclic N) is 1. The molecule has 9 nitrogen and oxygen atoms in total. The van der Waals surface area contributed by atoms with E-state index in [1.807, 2.05) is 52.0 Å². The first-order valence-electron chi connectivity index (χ1n) is 15.2. The monoisotopic (exact) mass is 581 g/mol. The molecule has 1 spiro atoms. The quantitative estimate of drug-likeness (QED) is 0.336. The van der Waals surface area contributed by atoms with Crippen LogP contribution in [0, 0.1) is 17.8 Å². The lowest BCUT2D eigenvalue weighted by Gasteiger charge is -2.39. The zero-order valence-corrected chi connectivity index (χ0v) is 25.8. The predicted octanol–water partition coefficient (Wildman–Crippen LogP) is 3.81. The van der Waals surface area contributed by atoms with Crippen molar-refractivity contribution in [3.8, 4) is 5.75 Å². The number of aliphatic hydroxyl groups is 1. The summed E-state index contributed by atoms with van der Waals surface area (Å²) in [5.41, 5.74) is -1.47. The largest absolute Gasteiger partial charge is 0.494 e. The Bertz CT molecular complexity index is 1190. The molecule has 0 aromatic heterocycles. The first-order valence-corrected chi connectivity index (χ1v) is 15.2. The molecule has 4 unspecified atom stereocenters. The Morgan fingerprint density at radius 3 is 2.43 bits per heavy atom. The van der Waals surface area contributed by atoms with E-state index in [0.29, 0.717) is 31.0 Å². The molecule has 0 saturated carbocycles. The van der Waals surface area contributed by atoms with Gasteiger partial charge in [0.1, 0.15) is 17.4 Å². The third-order valence-corrected chi connectivity index (χ3v) is 9.54. The Morgan fingerprint density at radius 1 is 1.19 bits per heavy atom. The predicted molar refractivity (Wildman–Crippen MR) is 162 cm³/mol. The maximum atomic E-state index is 14.6. The van der Waals surface area contributed by atoms with Crippen molar-refractivity contribution in [3.05, 3.63) is 49.6 Å². The second-order valence-corrected chi connectivity index (χ2v) is 12.0. The summed E-state index contributed by atoms with van der Waals surface area (Å²) in [6.45, 7) is 18.4. The number of benzene rings is 1. The molecular weight excluding hydrogens is 534 g/mol. The summed E-state index contributed by atoms with van der Waals surface area (Å²) in [6, 6.07) is 6.26. The van der Waals surface area contributed by atoms with Gasteiger partial charge < -0.3 is 29.3 Å². The van der Waals surface area contributed by atoms with Crippen LogP contribution in [0.25, 0.3) is 0 Å². The molecule has 3 aliphatic rings. The maximum Gasteiger partial charge on any atom is 0.248 e. The summed E-state index contributed by atoms with van der Waals surface area (Å²) >= 11 is 0. The molecule has 4 rings (SSSR count). The van der Waals surface area contributed by atoms with E-state index in [9.17, 15) is 19.5 Å². The highest BCUT2D eigenvalue weighted by atomic mass is 16.5. The number of rotatable bonds is 14. The number of fused-ring (bicyclic) bond motifs is 1. The van der Waals surface area contributed by atoms with Crippen LogP contribution in [-0.2, 0) is 19.1 Å². The fraction of sp³-hybridized carbons (Fsp3) is 0.606. The van der Waals surface area contributed by atoms with Crippen molar-refractivity contribution in [1.82, 2.24) is 9.80 Å². The molecule has 7 atom stereocenters. The Hall–Kier alpha value is -3.17. The van der Waals surface area contributed by atoms with Crippen LogP contribution in [0.5, 0.6) is 5.75 Å². The molecule has 1 N–H and O–H groups in total. The molecule has 3 fully saturated rings. The summed E-state index contributed by atoms with van der Waals surface area (Å²) in [5.74, 6) is -1.85. The van der Waals surface area contributed by atoms with Gasteiger partial charge >= 0.3 is 0 Å². The first kappa shape index (κ1) is 31.8. The fourth-order valence-electron chi connectivity index (χ4n) is 7.61. The van der Waals surface area contributed by atoms with Crippen molar-refractivity contribution in [2.75, 3.05) is 37.7 Å². The Balaban J connectivity index is 1.79. The van der Waals surface area contributed by atoms with Gasteiger partial charge in [-0.3, -0.25) is 14.4 Å². The molecule has 1 aromatic carbocycles. The number of likely N-dealkylation sites (tertiary alicyclic amines) is 1. The topological polar surface area (TPSA) is 99.6 Å². The second-order valence-electron chi connectivity index (χ2n) is 12.0. The van der Waals surface area contributed by atoms with Crippen LogP contribution in [0.3, 0.4) is 0 Å². The molecule has 2 bridgehead atoms. The Morgan fingerprint density at radius 2 is 1.86 bits per heavy atom. The SMILES string of the molecule is C=CCN(C(=O)[C@H]1[C@H]2C(=O)N(CCO)C(C(=O)N(CC=C)C(C)CCC)C23CC(C)[C@]1(C)O3)c1ccc(OCC)cc1. The van der Waals surface area contributed by atoms with Crippen molar-refractivity contribution in [2.45, 2.75) is 77.2 Å². The van der Waals surface area contributed by atoms with Gasteiger partial charge in [0, 0.05) is 31.4 Å². The highest BCUT2D eigenvalue weighted by Gasteiger charge is 2.80. The van der Waals surface area contributed by atoms with Crippen molar-refractivity contribution < 1.29 is 29.0 Å². The van der Waals surface area contributed by atoms with E-state index in [-0.39, 0.29) is 49.4 Å². The third-order valence-electron chi connectivity index (χ3n) is 9.54. The van der Waals surface area contributed by atoms with Crippen LogP contribution >= 0.6 is 0 Å². The number of amides is 3. The Labute approximate surface area is 250 Å². The normalized spacial score (nSPS) is 30.1. The number of hydrogen-bond donors (Lipinski definition) is 1. The van der Waals surface area contributed by atoms with Crippen molar-refractivity contribution in [2.24, 2.45) is 17.8 Å². The molecule has 9 heteroatoms. The molecule has 42 heavy (non-hydrogen) atoms. The molecule has 1 aromatic rings. The lowest BCUT2D eigenvalue weighted by Crippen LogP contribution is -2.58.